The first-order valence-electron chi connectivity index (χ1n) is 5.56. The fourth-order valence-electron chi connectivity index (χ4n) is 1.92. The highest BCUT2D eigenvalue weighted by atomic mass is 35.5. The third kappa shape index (κ3) is 1.68. The zero-order valence-corrected chi connectivity index (χ0v) is 9.61. The number of nitrogens with one attached hydrogen (secondary N) is 1. The van der Waals surface area contributed by atoms with E-state index in [4.69, 9.17) is 11.6 Å². The maximum absolute atomic E-state index is 6.12. The van der Waals surface area contributed by atoms with Crippen LogP contribution in [-0.2, 0) is 6.54 Å². The predicted molar refractivity (Wildman–Crippen MR) is 62.5 cm³/mol. The average molecular weight is 237 g/mol. The van der Waals surface area contributed by atoms with E-state index < -0.39 is 0 Å². The minimum atomic E-state index is 0.648. The Morgan fingerprint density at radius 2 is 2.25 bits per heavy atom. The van der Waals surface area contributed by atoms with Crippen molar-refractivity contribution in [2.24, 2.45) is 0 Å². The van der Waals surface area contributed by atoms with Crippen LogP contribution in [0.25, 0.3) is 5.65 Å². The zero-order chi connectivity index (χ0) is 11.0. The first-order chi connectivity index (χ1) is 7.84. The van der Waals surface area contributed by atoms with Gasteiger partial charge in [0, 0.05) is 6.04 Å². The van der Waals surface area contributed by atoms with Gasteiger partial charge in [0.15, 0.2) is 11.5 Å². The van der Waals surface area contributed by atoms with Gasteiger partial charge in [0.25, 0.3) is 0 Å². The molecule has 1 N–H and O–H groups in total. The minimum Gasteiger partial charge on any atom is -0.307 e. The molecule has 2 aromatic heterocycles. The predicted octanol–water partition coefficient (Wildman–Crippen LogP) is 2.02. The summed E-state index contributed by atoms with van der Waals surface area (Å²) in [6.07, 6.45) is 3.87. The summed E-state index contributed by atoms with van der Waals surface area (Å²) in [6.45, 7) is 0.732. The van der Waals surface area contributed by atoms with Crippen molar-refractivity contribution in [3.05, 3.63) is 29.2 Å². The van der Waals surface area contributed by atoms with Gasteiger partial charge in [0.2, 0.25) is 0 Å². The third-order valence-electron chi connectivity index (χ3n) is 3.10. The number of rotatable bonds is 3. The molecule has 84 valence electrons. The molecule has 1 saturated carbocycles. The molecular formula is C11H13ClN4. The van der Waals surface area contributed by atoms with E-state index in [1.54, 1.807) is 0 Å². The standard InChI is InChI=1S/C11H13ClN4/c12-9-5-2-6-10-14-15-11(16(9)10)7-13-8-3-1-4-8/h2,5-6,8,13H,1,3-4,7H2. The molecule has 3 rings (SSSR count). The van der Waals surface area contributed by atoms with Crippen molar-refractivity contribution in [3.63, 3.8) is 0 Å². The van der Waals surface area contributed by atoms with Gasteiger partial charge in [-0.15, -0.1) is 10.2 Å². The maximum atomic E-state index is 6.12. The molecule has 5 heteroatoms. The van der Waals surface area contributed by atoms with Gasteiger partial charge in [-0.1, -0.05) is 24.1 Å². The molecule has 0 atom stereocenters. The quantitative estimate of drug-likeness (QED) is 0.830. The lowest BCUT2D eigenvalue weighted by Crippen LogP contribution is -2.35. The first kappa shape index (κ1) is 10.1. The van der Waals surface area contributed by atoms with Gasteiger partial charge in [0.05, 0.1) is 6.54 Å². The summed E-state index contributed by atoms with van der Waals surface area (Å²) in [4.78, 5) is 0. The molecule has 2 heterocycles. The van der Waals surface area contributed by atoms with Crippen LogP contribution in [-0.4, -0.2) is 20.6 Å². The zero-order valence-electron chi connectivity index (χ0n) is 8.86. The topological polar surface area (TPSA) is 42.2 Å². The van der Waals surface area contributed by atoms with E-state index in [2.05, 4.69) is 15.5 Å². The molecule has 2 aromatic rings. The van der Waals surface area contributed by atoms with Crippen molar-refractivity contribution in [3.8, 4) is 0 Å². The molecule has 0 amide bonds. The Kier molecular flexibility index (Phi) is 2.53. The van der Waals surface area contributed by atoms with E-state index in [0.717, 1.165) is 18.0 Å². The second-order valence-electron chi connectivity index (χ2n) is 4.17. The van der Waals surface area contributed by atoms with Crippen LogP contribution < -0.4 is 5.32 Å². The second kappa shape index (κ2) is 4.03. The smallest absolute Gasteiger partial charge is 0.161 e. The van der Waals surface area contributed by atoms with Crippen LogP contribution in [0.2, 0.25) is 5.15 Å². The minimum absolute atomic E-state index is 0.648. The average Bonchev–Trinajstić information content (AvgIpc) is 2.61. The van der Waals surface area contributed by atoms with E-state index in [1.165, 1.54) is 19.3 Å². The largest absolute Gasteiger partial charge is 0.307 e. The third-order valence-corrected chi connectivity index (χ3v) is 3.40. The fourth-order valence-corrected chi connectivity index (χ4v) is 2.18. The van der Waals surface area contributed by atoms with Crippen LogP contribution in [0.4, 0.5) is 0 Å². The lowest BCUT2D eigenvalue weighted by molar-refractivity contribution is 0.335. The van der Waals surface area contributed by atoms with Crippen molar-refractivity contribution in [1.29, 1.82) is 0 Å². The lowest BCUT2D eigenvalue weighted by atomic mass is 9.93. The molecule has 0 aliphatic heterocycles. The number of pyridine rings is 1. The van der Waals surface area contributed by atoms with E-state index in [0.29, 0.717) is 11.2 Å². The van der Waals surface area contributed by atoms with E-state index in [-0.39, 0.29) is 0 Å². The Labute approximate surface area is 98.6 Å². The van der Waals surface area contributed by atoms with Crippen molar-refractivity contribution < 1.29 is 0 Å². The Morgan fingerprint density at radius 1 is 1.38 bits per heavy atom. The van der Waals surface area contributed by atoms with Crippen molar-refractivity contribution in [2.75, 3.05) is 0 Å². The lowest BCUT2D eigenvalue weighted by Gasteiger charge is -2.26. The summed E-state index contributed by atoms with van der Waals surface area (Å²) in [6, 6.07) is 6.29. The molecule has 16 heavy (non-hydrogen) atoms. The molecule has 0 unspecified atom stereocenters. The van der Waals surface area contributed by atoms with Crippen LogP contribution in [0.5, 0.6) is 0 Å². The van der Waals surface area contributed by atoms with Crippen LogP contribution in [0, 0.1) is 0 Å². The molecule has 0 spiro atoms. The van der Waals surface area contributed by atoms with Gasteiger partial charge in [-0.05, 0) is 25.0 Å². The molecule has 1 aliphatic rings. The number of hydrogen-bond acceptors (Lipinski definition) is 3. The summed E-state index contributed by atoms with van der Waals surface area (Å²) >= 11 is 6.12. The van der Waals surface area contributed by atoms with Gasteiger partial charge in [0.1, 0.15) is 5.15 Å². The van der Waals surface area contributed by atoms with Crippen LogP contribution in [0.1, 0.15) is 25.1 Å². The monoisotopic (exact) mass is 236 g/mol. The second-order valence-corrected chi connectivity index (χ2v) is 4.55. The summed E-state index contributed by atoms with van der Waals surface area (Å²) in [7, 11) is 0. The number of aromatic nitrogens is 3. The molecule has 0 saturated heterocycles. The van der Waals surface area contributed by atoms with Crippen LogP contribution in [0.15, 0.2) is 18.2 Å². The number of halogens is 1. The van der Waals surface area contributed by atoms with E-state index in [9.17, 15) is 0 Å². The molecule has 4 nitrogen and oxygen atoms in total. The molecular weight excluding hydrogens is 224 g/mol. The maximum Gasteiger partial charge on any atom is 0.161 e. The Balaban J connectivity index is 1.85. The van der Waals surface area contributed by atoms with E-state index >= 15 is 0 Å². The Bertz CT molecular complexity index is 504. The van der Waals surface area contributed by atoms with E-state index in [1.807, 2.05) is 22.6 Å². The summed E-state index contributed by atoms with van der Waals surface area (Å²) in [5.74, 6) is 0.882. The van der Waals surface area contributed by atoms with Crippen molar-refractivity contribution in [1.82, 2.24) is 19.9 Å². The fraction of sp³-hybridized carbons (Fsp3) is 0.455. The highest BCUT2D eigenvalue weighted by Crippen LogP contribution is 2.19. The van der Waals surface area contributed by atoms with Gasteiger partial charge in [-0.2, -0.15) is 0 Å². The Hall–Kier alpha value is -1.13. The molecule has 0 aromatic carbocycles. The number of hydrogen-bond donors (Lipinski definition) is 1. The van der Waals surface area contributed by atoms with Crippen LogP contribution in [0.3, 0.4) is 0 Å². The first-order valence-corrected chi connectivity index (χ1v) is 5.94. The van der Waals surface area contributed by atoms with Crippen LogP contribution >= 0.6 is 11.6 Å². The molecule has 1 fully saturated rings. The molecule has 0 bridgehead atoms. The van der Waals surface area contributed by atoms with Gasteiger partial charge in [-0.25, -0.2) is 0 Å². The Morgan fingerprint density at radius 3 is 3.00 bits per heavy atom. The van der Waals surface area contributed by atoms with Crippen molar-refractivity contribution >= 4 is 17.2 Å². The number of fused-ring (bicyclic) bond motifs is 1. The SMILES string of the molecule is Clc1cccc2nnc(CNC3CCC3)n12. The normalized spacial score (nSPS) is 16.6. The molecule has 1 aliphatic carbocycles. The summed E-state index contributed by atoms with van der Waals surface area (Å²) in [5.41, 5.74) is 0.804. The highest BCUT2D eigenvalue weighted by molar-refractivity contribution is 6.29. The van der Waals surface area contributed by atoms with Gasteiger partial charge >= 0.3 is 0 Å². The molecule has 0 radical (unpaired) electrons. The summed E-state index contributed by atoms with van der Waals surface area (Å²) in [5, 5.41) is 12.4. The van der Waals surface area contributed by atoms with Crippen molar-refractivity contribution in [2.45, 2.75) is 31.8 Å². The van der Waals surface area contributed by atoms with Gasteiger partial charge < -0.3 is 5.32 Å². The summed E-state index contributed by atoms with van der Waals surface area (Å²) < 4.78 is 1.88. The van der Waals surface area contributed by atoms with Gasteiger partial charge in [-0.3, -0.25) is 4.40 Å². The highest BCUT2D eigenvalue weighted by Gasteiger charge is 2.17. The number of nitrogens with zero attached hydrogens (tertiary/aromatic N) is 3.